The van der Waals surface area contributed by atoms with E-state index in [9.17, 15) is 13.2 Å². The zero-order chi connectivity index (χ0) is 20.4. The van der Waals surface area contributed by atoms with Gasteiger partial charge in [0.2, 0.25) is 5.91 Å². The Morgan fingerprint density at radius 1 is 1.21 bits per heavy atom. The van der Waals surface area contributed by atoms with Crippen LogP contribution in [-0.2, 0) is 14.8 Å². The number of fused-ring (bicyclic) bond motifs is 1. The fourth-order valence-corrected chi connectivity index (χ4v) is 5.38. The first-order valence-electron chi connectivity index (χ1n) is 10.2. The first kappa shape index (κ1) is 20.8. The Bertz CT molecular complexity index is 853. The van der Waals surface area contributed by atoms with Crippen LogP contribution in [-0.4, -0.2) is 32.7 Å². The topological polar surface area (TPSA) is 87.6 Å². The van der Waals surface area contributed by atoms with E-state index < -0.39 is 10.0 Å². The maximum Gasteiger partial charge on any atom is 0.263 e. The molecule has 1 aliphatic carbocycles. The van der Waals surface area contributed by atoms with Crippen LogP contribution >= 0.6 is 0 Å². The second-order valence-electron chi connectivity index (χ2n) is 8.54. The Morgan fingerprint density at radius 3 is 2.57 bits per heavy atom. The first-order chi connectivity index (χ1) is 13.2. The van der Waals surface area contributed by atoms with Crippen LogP contribution in [0.15, 0.2) is 34.2 Å². The van der Waals surface area contributed by atoms with Crippen molar-refractivity contribution in [2.75, 3.05) is 6.54 Å². The highest BCUT2D eigenvalue weighted by Crippen LogP contribution is 2.40. The van der Waals surface area contributed by atoms with Crippen molar-refractivity contribution in [2.24, 2.45) is 16.3 Å². The number of amidine groups is 1. The SMILES string of the molecule is CCC(C)(C)C1CCC(NC(=O)CCN=C2NS(=O)(=O)c3ccccc32)CC1. The van der Waals surface area contributed by atoms with E-state index in [4.69, 9.17) is 0 Å². The van der Waals surface area contributed by atoms with E-state index in [0.29, 0.717) is 16.8 Å². The second-order valence-corrected chi connectivity index (χ2v) is 10.2. The summed E-state index contributed by atoms with van der Waals surface area (Å²) in [4.78, 5) is 16.8. The van der Waals surface area contributed by atoms with Gasteiger partial charge in [-0.05, 0) is 49.1 Å². The summed E-state index contributed by atoms with van der Waals surface area (Å²) in [5.41, 5.74) is 0.940. The molecule has 6 nitrogen and oxygen atoms in total. The highest BCUT2D eigenvalue weighted by Gasteiger charge is 2.32. The minimum Gasteiger partial charge on any atom is -0.353 e. The second kappa shape index (κ2) is 8.23. The quantitative estimate of drug-likeness (QED) is 0.762. The van der Waals surface area contributed by atoms with Crippen LogP contribution in [0.5, 0.6) is 0 Å². The Morgan fingerprint density at radius 2 is 1.89 bits per heavy atom. The third-order valence-electron chi connectivity index (χ3n) is 6.38. The third-order valence-corrected chi connectivity index (χ3v) is 7.78. The number of amides is 1. The minimum atomic E-state index is -3.53. The van der Waals surface area contributed by atoms with Gasteiger partial charge in [0.1, 0.15) is 5.84 Å². The molecule has 0 bridgehead atoms. The number of benzene rings is 1. The number of nitrogens with zero attached hydrogens (tertiary/aromatic N) is 1. The predicted molar refractivity (Wildman–Crippen MR) is 111 cm³/mol. The Kier molecular flexibility index (Phi) is 6.12. The maximum atomic E-state index is 12.3. The molecule has 28 heavy (non-hydrogen) atoms. The predicted octanol–water partition coefficient (Wildman–Crippen LogP) is 3.23. The lowest BCUT2D eigenvalue weighted by Crippen LogP contribution is -2.40. The molecule has 7 heteroatoms. The standard InChI is InChI=1S/C21H31N3O3S/c1-4-21(2,3)15-9-11-16(12-10-15)23-19(25)13-14-22-20-17-7-5-6-8-18(17)28(26,27)24-20/h5-8,15-16H,4,9-14H2,1-3H3,(H,22,24)(H,23,25). The zero-order valence-corrected chi connectivity index (χ0v) is 17.8. The van der Waals surface area contributed by atoms with Crippen molar-refractivity contribution >= 4 is 21.8 Å². The molecule has 154 valence electrons. The lowest BCUT2D eigenvalue weighted by molar-refractivity contribution is -0.121. The number of carbonyl (C=O) groups is 1. The molecule has 1 aromatic carbocycles. The molecule has 0 aromatic heterocycles. The molecule has 3 rings (SSSR count). The van der Waals surface area contributed by atoms with Gasteiger partial charge in [0, 0.05) is 18.0 Å². The van der Waals surface area contributed by atoms with Gasteiger partial charge in [-0.15, -0.1) is 0 Å². The van der Waals surface area contributed by atoms with Gasteiger partial charge in [0.25, 0.3) is 10.0 Å². The molecule has 0 atom stereocenters. The van der Waals surface area contributed by atoms with Crippen LogP contribution in [0.2, 0.25) is 0 Å². The lowest BCUT2D eigenvalue weighted by Gasteiger charge is -2.39. The monoisotopic (exact) mass is 405 g/mol. The van der Waals surface area contributed by atoms with Gasteiger partial charge in [-0.2, -0.15) is 0 Å². The largest absolute Gasteiger partial charge is 0.353 e. The van der Waals surface area contributed by atoms with E-state index in [1.807, 2.05) is 0 Å². The van der Waals surface area contributed by atoms with Crippen LogP contribution in [0.3, 0.4) is 0 Å². The third kappa shape index (κ3) is 4.57. The van der Waals surface area contributed by atoms with Crippen molar-refractivity contribution in [1.29, 1.82) is 0 Å². The fraction of sp³-hybridized carbons (Fsp3) is 0.619. The molecule has 0 spiro atoms. The molecule has 1 aromatic rings. The Balaban J connectivity index is 1.48. The van der Waals surface area contributed by atoms with E-state index in [0.717, 1.165) is 31.6 Å². The fourth-order valence-electron chi connectivity index (χ4n) is 4.13. The summed E-state index contributed by atoms with van der Waals surface area (Å²) in [6, 6.07) is 6.99. The van der Waals surface area contributed by atoms with Crippen molar-refractivity contribution in [3.63, 3.8) is 0 Å². The highest BCUT2D eigenvalue weighted by atomic mass is 32.2. The summed E-state index contributed by atoms with van der Waals surface area (Å²) < 4.78 is 26.6. The first-order valence-corrected chi connectivity index (χ1v) is 11.7. The molecule has 2 N–H and O–H groups in total. The summed E-state index contributed by atoms with van der Waals surface area (Å²) in [6.45, 7) is 7.19. The maximum absolute atomic E-state index is 12.3. The van der Waals surface area contributed by atoms with E-state index in [-0.39, 0.29) is 29.8 Å². The van der Waals surface area contributed by atoms with Gasteiger partial charge < -0.3 is 5.32 Å². The number of hydrogen-bond donors (Lipinski definition) is 2. The summed E-state index contributed by atoms with van der Waals surface area (Å²) in [6.07, 6.45) is 5.82. The van der Waals surface area contributed by atoms with E-state index in [2.05, 4.69) is 35.8 Å². The van der Waals surface area contributed by atoms with E-state index in [1.54, 1.807) is 24.3 Å². The van der Waals surface area contributed by atoms with Crippen molar-refractivity contribution in [3.8, 4) is 0 Å². The summed E-state index contributed by atoms with van der Waals surface area (Å²) in [5, 5.41) is 3.12. The van der Waals surface area contributed by atoms with E-state index in [1.165, 1.54) is 6.42 Å². The highest BCUT2D eigenvalue weighted by molar-refractivity contribution is 7.90. The molecule has 0 radical (unpaired) electrons. The van der Waals surface area contributed by atoms with Gasteiger partial charge in [-0.1, -0.05) is 39.3 Å². The van der Waals surface area contributed by atoms with Crippen LogP contribution in [0.25, 0.3) is 0 Å². The summed E-state index contributed by atoms with van der Waals surface area (Å²) in [7, 11) is -3.53. The number of aliphatic imine (C=N–C) groups is 1. The molecule has 0 saturated heterocycles. The van der Waals surface area contributed by atoms with E-state index >= 15 is 0 Å². The number of rotatable bonds is 6. The average molecular weight is 406 g/mol. The minimum absolute atomic E-state index is 0.0170. The van der Waals surface area contributed by atoms with Crippen molar-refractivity contribution in [1.82, 2.24) is 10.0 Å². The molecule has 1 aliphatic heterocycles. The van der Waals surface area contributed by atoms with Gasteiger partial charge in [-0.3, -0.25) is 14.5 Å². The van der Waals surface area contributed by atoms with Crippen LogP contribution in [0.1, 0.15) is 64.9 Å². The van der Waals surface area contributed by atoms with Crippen molar-refractivity contribution < 1.29 is 13.2 Å². The Hall–Kier alpha value is -1.89. The zero-order valence-electron chi connectivity index (χ0n) is 17.0. The molecule has 1 heterocycles. The van der Waals surface area contributed by atoms with Crippen LogP contribution in [0.4, 0.5) is 0 Å². The molecule has 1 fully saturated rings. The van der Waals surface area contributed by atoms with Crippen molar-refractivity contribution in [3.05, 3.63) is 29.8 Å². The molecule has 0 unspecified atom stereocenters. The smallest absolute Gasteiger partial charge is 0.263 e. The number of hydrogen-bond acceptors (Lipinski definition) is 4. The number of sulfonamides is 1. The average Bonchev–Trinajstić information content (AvgIpc) is 2.93. The summed E-state index contributed by atoms with van der Waals surface area (Å²) in [5.74, 6) is 1.04. The Labute approximate surface area is 168 Å². The normalized spacial score (nSPS) is 25.2. The number of carbonyl (C=O) groups excluding carboxylic acids is 1. The van der Waals surface area contributed by atoms with Gasteiger partial charge in [-0.25, -0.2) is 8.42 Å². The van der Waals surface area contributed by atoms with Gasteiger partial charge >= 0.3 is 0 Å². The van der Waals surface area contributed by atoms with Gasteiger partial charge in [0.05, 0.1) is 11.4 Å². The molecule has 1 saturated carbocycles. The molecule has 2 aliphatic rings. The van der Waals surface area contributed by atoms with Gasteiger partial charge in [0.15, 0.2) is 0 Å². The molecular weight excluding hydrogens is 374 g/mol. The number of nitrogens with one attached hydrogen (secondary N) is 2. The molecule has 1 amide bonds. The lowest BCUT2D eigenvalue weighted by atomic mass is 9.69. The summed E-state index contributed by atoms with van der Waals surface area (Å²) >= 11 is 0. The van der Waals surface area contributed by atoms with Crippen molar-refractivity contribution in [2.45, 2.75) is 70.2 Å². The van der Waals surface area contributed by atoms with Crippen LogP contribution < -0.4 is 10.0 Å². The van der Waals surface area contributed by atoms with Crippen LogP contribution in [0, 0.1) is 11.3 Å². The molecular formula is C21H31N3O3S.